The first-order valence-electron chi connectivity index (χ1n) is 7.21. The lowest BCUT2D eigenvalue weighted by Gasteiger charge is -2.21. The molecule has 0 spiro atoms. The van der Waals surface area contributed by atoms with Crippen LogP contribution in [0.5, 0.6) is 0 Å². The van der Waals surface area contributed by atoms with Crippen LogP contribution in [0.4, 0.5) is 10.1 Å². The number of halogens is 1. The number of benzene rings is 2. The Balaban J connectivity index is 2.02. The Labute approximate surface area is 125 Å². The van der Waals surface area contributed by atoms with E-state index < -0.39 is 0 Å². The number of anilines is 1. The molecule has 1 amide bonds. The molecule has 0 aromatic heterocycles. The second-order valence-corrected chi connectivity index (χ2v) is 5.10. The molecule has 0 aliphatic rings. The van der Waals surface area contributed by atoms with Crippen LogP contribution in [0, 0.1) is 12.7 Å². The molecule has 110 valence electrons. The molecule has 0 radical (unpaired) electrons. The Morgan fingerprint density at radius 1 is 1.14 bits per heavy atom. The van der Waals surface area contributed by atoms with Crippen molar-refractivity contribution in [2.75, 3.05) is 11.4 Å². The number of carbonyl (C=O) groups excluding carboxylic acids is 1. The summed E-state index contributed by atoms with van der Waals surface area (Å²) in [6, 6.07) is 14.2. The first kappa shape index (κ1) is 15.2. The van der Waals surface area contributed by atoms with Gasteiger partial charge in [-0.25, -0.2) is 4.39 Å². The molecule has 21 heavy (non-hydrogen) atoms. The summed E-state index contributed by atoms with van der Waals surface area (Å²) >= 11 is 0. The number of carbonyl (C=O) groups is 1. The monoisotopic (exact) mass is 285 g/mol. The topological polar surface area (TPSA) is 20.3 Å². The first-order chi connectivity index (χ1) is 10.1. The van der Waals surface area contributed by atoms with Gasteiger partial charge in [-0.3, -0.25) is 4.79 Å². The van der Waals surface area contributed by atoms with Crippen LogP contribution >= 0.6 is 0 Å². The van der Waals surface area contributed by atoms with Crippen LogP contribution in [-0.4, -0.2) is 12.5 Å². The van der Waals surface area contributed by atoms with Crippen molar-refractivity contribution in [3.05, 3.63) is 65.5 Å². The van der Waals surface area contributed by atoms with Gasteiger partial charge in [0.15, 0.2) is 0 Å². The molecule has 0 unspecified atom stereocenters. The second kappa shape index (κ2) is 7.02. The Hall–Kier alpha value is -2.16. The van der Waals surface area contributed by atoms with Crippen LogP contribution in [0.1, 0.15) is 24.5 Å². The van der Waals surface area contributed by atoms with Gasteiger partial charge >= 0.3 is 0 Å². The van der Waals surface area contributed by atoms with Crippen molar-refractivity contribution in [2.45, 2.75) is 26.7 Å². The van der Waals surface area contributed by atoms with Gasteiger partial charge in [-0.05, 0) is 50.1 Å². The summed E-state index contributed by atoms with van der Waals surface area (Å²) in [5.74, 6) is -0.229. The third kappa shape index (κ3) is 4.15. The molecular weight excluding hydrogens is 265 g/mol. The van der Waals surface area contributed by atoms with Crippen molar-refractivity contribution in [1.29, 1.82) is 0 Å². The van der Waals surface area contributed by atoms with Gasteiger partial charge in [0, 0.05) is 18.7 Å². The summed E-state index contributed by atoms with van der Waals surface area (Å²) < 4.78 is 13.0. The van der Waals surface area contributed by atoms with Gasteiger partial charge in [0.1, 0.15) is 5.82 Å². The minimum atomic E-state index is -0.290. The van der Waals surface area contributed by atoms with E-state index in [0.29, 0.717) is 13.0 Å². The zero-order valence-electron chi connectivity index (χ0n) is 12.5. The Bertz CT molecular complexity index is 607. The number of hydrogen-bond acceptors (Lipinski definition) is 1. The summed E-state index contributed by atoms with van der Waals surface area (Å²) in [6.45, 7) is 4.55. The zero-order chi connectivity index (χ0) is 15.2. The van der Waals surface area contributed by atoms with Crippen molar-refractivity contribution >= 4 is 11.6 Å². The highest BCUT2D eigenvalue weighted by atomic mass is 19.1. The van der Waals surface area contributed by atoms with Gasteiger partial charge in [-0.15, -0.1) is 0 Å². The Morgan fingerprint density at radius 2 is 1.86 bits per heavy atom. The largest absolute Gasteiger partial charge is 0.313 e. The van der Waals surface area contributed by atoms with Crippen molar-refractivity contribution in [2.24, 2.45) is 0 Å². The number of rotatable bonds is 5. The molecule has 0 saturated carbocycles. The lowest BCUT2D eigenvalue weighted by atomic mass is 10.1. The van der Waals surface area contributed by atoms with Crippen molar-refractivity contribution in [3.63, 3.8) is 0 Å². The van der Waals surface area contributed by atoms with Crippen LogP contribution in [0.3, 0.4) is 0 Å². The third-order valence-electron chi connectivity index (χ3n) is 3.47. The quantitative estimate of drug-likeness (QED) is 0.809. The number of amides is 1. The van der Waals surface area contributed by atoms with Gasteiger partial charge in [-0.2, -0.15) is 0 Å². The van der Waals surface area contributed by atoms with Crippen LogP contribution < -0.4 is 4.90 Å². The molecule has 0 fully saturated rings. The molecule has 0 N–H and O–H groups in total. The van der Waals surface area contributed by atoms with Crippen molar-refractivity contribution < 1.29 is 9.18 Å². The SMILES string of the molecule is CCN(C(=O)CCc1cccc(C)c1)c1ccc(F)cc1. The molecule has 2 nitrogen and oxygen atoms in total. The van der Waals surface area contributed by atoms with E-state index in [1.54, 1.807) is 17.0 Å². The van der Waals surface area contributed by atoms with E-state index >= 15 is 0 Å². The molecule has 0 aliphatic heterocycles. The highest BCUT2D eigenvalue weighted by Gasteiger charge is 2.13. The number of nitrogens with zero attached hydrogens (tertiary/aromatic N) is 1. The van der Waals surface area contributed by atoms with E-state index in [2.05, 4.69) is 6.07 Å². The van der Waals surface area contributed by atoms with Crippen molar-refractivity contribution in [3.8, 4) is 0 Å². The molecular formula is C18H20FNO. The molecule has 0 atom stereocenters. The fourth-order valence-corrected chi connectivity index (χ4v) is 2.38. The van der Waals surface area contributed by atoms with Gasteiger partial charge in [0.05, 0.1) is 0 Å². The maximum absolute atomic E-state index is 13.0. The van der Waals surface area contributed by atoms with Gasteiger partial charge in [0.25, 0.3) is 0 Å². The predicted octanol–water partition coefficient (Wildman–Crippen LogP) is 4.12. The average Bonchev–Trinajstić information content (AvgIpc) is 2.48. The Morgan fingerprint density at radius 3 is 2.48 bits per heavy atom. The fraction of sp³-hybridized carbons (Fsp3) is 0.278. The normalized spacial score (nSPS) is 10.4. The summed E-state index contributed by atoms with van der Waals surface area (Å²) in [5, 5.41) is 0. The Kier molecular flexibility index (Phi) is 5.09. The van der Waals surface area contributed by atoms with Crippen LogP contribution in [0.25, 0.3) is 0 Å². The second-order valence-electron chi connectivity index (χ2n) is 5.10. The lowest BCUT2D eigenvalue weighted by Crippen LogP contribution is -2.30. The van der Waals surface area contributed by atoms with E-state index in [4.69, 9.17) is 0 Å². The summed E-state index contributed by atoms with van der Waals surface area (Å²) in [4.78, 5) is 14.0. The summed E-state index contributed by atoms with van der Waals surface area (Å²) in [5.41, 5.74) is 3.11. The van der Waals surface area contributed by atoms with E-state index in [1.807, 2.05) is 32.0 Å². The van der Waals surface area contributed by atoms with E-state index in [-0.39, 0.29) is 11.7 Å². The van der Waals surface area contributed by atoms with Crippen LogP contribution in [0.2, 0.25) is 0 Å². The average molecular weight is 285 g/mol. The number of hydrogen-bond donors (Lipinski definition) is 0. The number of aryl methyl sites for hydroxylation is 2. The molecule has 2 aromatic carbocycles. The predicted molar refractivity (Wildman–Crippen MR) is 83.9 cm³/mol. The molecule has 0 bridgehead atoms. The van der Waals surface area contributed by atoms with Crippen LogP contribution in [0.15, 0.2) is 48.5 Å². The molecule has 0 heterocycles. The van der Waals surface area contributed by atoms with Gasteiger partial charge < -0.3 is 4.90 Å². The summed E-state index contributed by atoms with van der Waals surface area (Å²) in [6.07, 6.45) is 1.17. The highest BCUT2D eigenvalue weighted by molar-refractivity contribution is 5.93. The van der Waals surface area contributed by atoms with Gasteiger partial charge in [-0.1, -0.05) is 29.8 Å². The van der Waals surface area contributed by atoms with E-state index in [9.17, 15) is 9.18 Å². The van der Waals surface area contributed by atoms with Crippen LogP contribution in [-0.2, 0) is 11.2 Å². The first-order valence-corrected chi connectivity index (χ1v) is 7.21. The molecule has 2 aromatic rings. The smallest absolute Gasteiger partial charge is 0.227 e. The maximum atomic E-state index is 13.0. The lowest BCUT2D eigenvalue weighted by molar-refractivity contribution is -0.118. The fourth-order valence-electron chi connectivity index (χ4n) is 2.38. The van der Waals surface area contributed by atoms with Gasteiger partial charge in [0.2, 0.25) is 5.91 Å². The minimum Gasteiger partial charge on any atom is -0.313 e. The third-order valence-corrected chi connectivity index (χ3v) is 3.47. The molecule has 3 heteroatoms. The maximum Gasteiger partial charge on any atom is 0.227 e. The zero-order valence-corrected chi connectivity index (χ0v) is 12.5. The summed E-state index contributed by atoms with van der Waals surface area (Å²) in [7, 11) is 0. The van der Waals surface area contributed by atoms with E-state index in [0.717, 1.165) is 12.1 Å². The van der Waals surface area contributed by atoms with E-state index in [1.165, 1.54) is 23.3 Å². The molecule has 2 rings (SSSR count). The molecule has 0 aliphatic carbocycles. The minimum absolute atomic E-state index is 0.0608. The van der Waals surface area contributed by atoms with Crippen molar-refractivity contribution in [1.82, 2.24) is 0 Å². The molecule has 0 saturated heterocycles. The standard InChI is InChI=1S/C18H20FNO/c1-3-20(17-10-8-16(19)9-11-17)18(21)12-7-15-6-4-5-14(2)13-15/h4-6,8-11,13H,3,7,12H2,1-2H3. The highest BCUT2D eigenvalue weighted by Crippen LogP contribution is 2.17.